The summed E-state index contributed by atoms with van der Waals surface area (Å²) >= 11 is 6.25. The molecule has 0 atom stereocenters. The SMILES string of the molecule is CC(C)NCC1(Cc2ccncc2Cl)CCOCC1. The van der Waals surface area contributed by atoms with Crippen molar-refractivity contribution in [1.29, 1.82) is 0 Å². The molecule has 19 heavy (non-hydrogen) atoms. The van der Waals surface area contributed by atoms with E-state index in [4.69, 9.17) is 16.3 Å². The molecule has 1 saturated heterocycles. The van der Waals surface area contributed by atoms with Gasteiger partial charge in [0.25, 0.3) is 0 Å². The van der Waals surface area contributed by atoms with E-state index in [-0.39, 0.29) is 5.41 Å². The van der Waals surface area contributed by atoms with Crippen LogP contribution in [-0.2, 0) is 11.2 Å². The number of aromatic nitrogens is 1. The fraction of sp³-hybridized carbons (Fsp3) is 0.667. The Balaban J connectivity index is 2.11. The molecule has 106 valence electrons. The lowest BCUT2D eigenvalue weighted by molar-refractivity contribution is 0.0141. The van der Waals surface area contributed by atoms with Gasteiger partial charge in [-0.1, -0.05) is 25.4 Å². The zero-order valence-corrected chi connectivity index (χ0v) is 12.5. The van der Waals surface area contributed by atoms with E-state index in [2.05, 4.69) is 24.1 Å². The highest BCUT2D eigenvalue weighted by Gasteiger charge is 2.33. The van der Waals surface area contributed by atoms with E-state index in [9.17, 15) is 0 Å². The van der Waals surface area contributed by atoms with Crippen LogP contribution >= 0.6 is 11.6 Å². The van der Waals surface area contributed by atoms with Crippen LogP contribution in [0.25, 0.3) is 0 Å². The Labute approximate surface area is 120 Å². The van der Waals surface area contributed by atoms with Crippen molar-refractivity contribution in [2.45, 2.75) is 39.2 Å². The van der Waals surface area contributed by atoms with Crippen LogP contribution in [0.1, 0.15) is 32.3 Å². The van der Waals surface area contributed by atoms with Gasteiger partial charge in [-0.2, -0.15) is 0 Å². The molecule has 1 aliphatic heterocycles. The molecule has 0 unspecified atom stereocenters. The topological polar surface area (TPSA) is 34.2 Å². The van der Waals surface area contributed by atoms with Crippen molar-refractivity contribution in [1.82, 2.24) is 10.3 Å². The zero-order valence-electron chi connectivity index (χ0n) is 11.8. The molecule has 1 aromatic rings. The Morgan fingerprint density at radius 1 is 1.42 bits per heavy atom. The maximum atomic E-state index is 6.25. The molecule has 2 heterocycles. The highest BCUT2D eigenvalue weighted by Crippen LogP contribution is 2.35. The van der Waals surface area contributed by atoms with Gasteiger partial charge in [-0.25, -0.2) is 0 Å². The van der Waals surface area contributed by atoms with E-state index in [1.165, 1.54) is 5.56 Å². The van der Waals surface area contributed by atoms with Crippen LogP contribution in [0, 0.1) is 5.41 Å². The number of pyridine rings is 1. The summed E-state index contributed by atoms with van der Waals surface area (Å²) in [4.78, 5) is 4.06. The van der Waals surface area contributed by atoms with Crippen molar-refractivity contribution in [3.63, 3.8) is 0 Å². The Morgan fingerprint density at radius 3 is 2.79 bits per heavy atom. The standard InChI is InChI=1S/C15H23ClN2O/c1-12(2)18-11-15(4-7-19-8-5-15)9-13-3-6-17-10-14(13)16/h3,6,10,12,18H,4-5,7-9,11H2,1-2H3. The molecule has 0 radical (unpaired) electrons. The van der Waals surface area contributed by atoms with Gasteiger partial charge in [0, 0.05) is 38.2 Å². The van der Waals surface area contributed by atoms with Crippen molar-refractivity contribution >= 4 is 11.6 Å². The van der Waals surface area contributed by atoms with Crippen LogP contribution in [0.15, 0.2) is 18.5 Å². The lowest BCUT2D eigenvalue weighted by Gasteiger charge is -2.38. The van der Waals surface area contributed by atoms with Crippen molar-refractivity contribution in [2.75, 3.05) is 19.8 Å². The van der Waals surface area contributed by atoms with Crippen LogP contribution in [0.5, 0.6) is 0 Å². The molecule has 3 nitrogen and oxygen atoms in total. The summed E-state index contributed by atoms with van der Waals surface area (Å²) in [5.74, 6) is 0. The molecular formula is C15H23ClN2O. The second-order valence-corrected chi connectivity index (χ2v) is 6.20. The van der Waals surface area contributed by atoms with E-state index in [0.29, 0.717) is 6.04 Å². The normalized spacial score (nSPS) is 18.7. The third-order valence-corrected chi connectivity index (χ3v) is 4.20. The van der Waals surface area contributed by atoms with Crippen LogP contribution in [0.2, 0.25) is 5.02 Å². The molecule has 2 rings (SSSR count). The molecule has 1 aliphatic rings. The summed E-state index contributed by atoms with van der Waals surface area (Å²) in [6.45, 7) is 7.09. The Bertz CT molecular complexity index is 403. The molecule has 0 spiro atoms. The maximum absolute atomic E-state index is 6.25. The second kappa shape index (κ2) is 6.69. The number of rotatable bonds is 5. The summed E-state index contributed by atoms with van der Waals surface area (Å²) in [5.41, 5.74) is 1.46. The molecule has 0 aliphatic carbocycles. The van der Waals surface area contributed by atoms with Crippen LogP contribution in [-0.4, -0.2) is 30.8 Å². The van der Waals surface area contributed by atoms with Gasteiger partial charge in [0.15, 0.2) is 0 Å². The summed E-state index contributed by atoms with van der Waals surface area (Å²) < 4.78 is 5.53. The first kappa shape index (κ1) is 14.8. The minimum atomic E-state index is 0.257. The van der Waals surface area contributed by atoms with E-state index in [0.717, 1.165) is 44.0 Å². The molecule has 1 aromatic heterocycles. The third kappa shape index (κ3) is 4.16. The van der Waals surface area contributed by atoms with Crippen LogP contribution in [0.4, 0.5) is 0 Å². The third-order valence-electron chi connectivity index (χ3n) is 3.86. The fourth-order valence-corrected chi connectivity index (χ4v) is 2.78. The summed E-state index contributed by atoms with van der Waals surface area (Å²) in [5, 5.41) is 4.36. The smallest absolute Gasteiger partial charge is 0.0621 e. The quantitative estimate of drug-likeness (QED) is 0.901. The van der Waals surface area contributed by atoms with E-state index < -0.39 is 0 Å². The molecule has 4 heteroatoms. The van der Waals surface area contributed by atoms with Gasteiger partial charge in [-0.3, -0.25) is 4.98 Å². The minimum absolute atomic E-state index is 0.257. The Hall–Kier alpha value is -0.640. The summed E-state index contributed by atoms with van der Waals surface area (Å²) in [6.07, 6.45) is 6.73. The van der Waals surface area contributed by atoms with Crippen molar-refractivity contribution in [2.24, 2.45) is 5.41 Å². The van der Waals surface area contributed by atoms with Gasteiger partial charge in [0.2, 0.25) is 0 Å². The van der Waals surface area contributed by atoms with Gasteiger partial charge in [-0.15, -0.1) is 0 Å². The number of halogens is 1. The van der Waals surface area contributed by atoms with Crippen molar-refractivity contribution in [3.05, 3.63) is 29.0 Å². The molecule has 1 N–H and O–H groups in total. The molecule has 0 saturated carbocycles. The summed E-state index contributed by atoms with van der Waals surface area (Å²) in [6, 6.07) is 2.54. The predicted octanol–water partition coefficient (Wildman–Crippen LogP) is 3.07. The number of ether oxygens (including phenoxy) is 1. The average molecular weight is 283 g/mol. The van der Waals surface area contributed by atoms with E-state index in [1.807, 2.05) is 12.3 Å². The largest absolute Gasteiger partial charge is 0.381 e. The highest BCUT2D eigenvalue weighted by molar-refractivity contribution is 6.31. The van der Waals surface area contributed by atoms with Gasteiger partial charge < -0.3 is 10.1 Å². The number of hydrogen-bond donors (Lipinski definition) is 1. The molecule has 1 fully saturated rings. The number of nitrogens with one attached hydrogen (secondary N) is 1. The monoisotopic (exact) mass is 282 g/mol. The van der Waals surface area contributed by atoms with E-state index in [1.54, 1.807) is 6.20 Å². The van der Waals surface area contributed by atoms with Gasteiger partial charge in [-0.05, 0) is 36.3 Å². The van der Waals surface area contributed by atoms with E-state index >= 15 is 0 Å². The van der Waals surface area contributed by atoms with Gasteiger partial charge in [0.05, 0.1) is 5.02 Å². The maximum Gasteiger partial charge on any atom is 0.0621 e. The highest BCUT2D eigenvalue weighted by atomic mass is 35.5. The van der Waals surface area contributed by atoms with Crippen LogP contribution < -0.4 is 5.32 Å². The average Bonchev–Trinajstić information content (AvgIpc) is 2.41. The number of nitrogens with zero attached hydrogens (tertiary/aromatic N) is 1. The lowest BCUT2D eigenvalue weighted by Crippen LogP contribution is -2.42. The molecule has 0 aromatic carbocycles. The number of hydrogen-bond acceptors (Lipinski definition) is 3. The minimum Gasteiger partial charge on any atom is -0.381 e. The molecule has 0 bridgehead atoms. The first-order valence-corrected chi connectivity index (χ1v) is 7.39. The zero-order chi connectivity index (χ0) is 13.7. The Morgan fingerprint density at radius 2 is 2.16 bits per heavy atom. The molecule has 0 amide bonds. The molecular weight excluding hydrogens is 260 g/mol. The first-order chi connectivity index (χ1) is 9.11. The second-order valence-electron chi connectivity index (χ2n) is 5.79. The fourth-order valence-electron chi connectivity index (χ4n) is 2.59. The van der Waals surface area contributed by atoms with Gasteiger partial charge >= 0.3 is 0 Å². The van der Waals surface area contributed by atoms with Crippen LogP contribution in [0.3, 0.4) is 0 Å². The van der Waals surface area contributed by atoms with Crippen molar-refractivity contribution in [3.8, 4) is 0 Å². The Kier molecular flexibility index (Phi) is 5.20. The van der Waals surface area contributed by atoms with Gasteiger partial charge in [0.1, 0.15) is 0 Å². The predicted molar refractivity (Wildman–Crippen MR) is 78.6 cm³/mol. The van der Waals surface area contributed by atoms with Crippen molar-refractivity contribution < 1.29 is 4.74 Å². The first-order valence-electron chi connectivity index (χ1n) is 7.01. The lowest BCUT2D eigenvalue weighted by atomic mass is 9.75. The summed E-state index contributed by atoms with van der Waals surface area (Å²) in [7, 11) is 0.